The van der Waals surface area contributed by atoms with Crippen molar-refractivity contribution in [3.63, 3.8) is 0 Å². The highest BCUT2D eigenvalue weighted by atomic mass is 14.8. The molecule has 0 atom stereocenters. The zero-order chi connectivity index (χ0) is 12.1. The highest BCUT2D eigenvalue weighted by Crippen LogP contribution is 2.32. The van der Waals surface area contributed by atoms with Crippen molar-refractivity contribution in [3.05, 3.63) is 54.0 Å². The Labute approximate surface area is 103 Å². The van der Waals surface area contributed by atoms with Crippen LogP contribution < -0.4 is 0 Å². The number of aromatic nitrogens is 2. The van der Waals surface area contributed by atoms with Crippen molar-refractivity contribution in [2.45, 2.75) is 0 Å². The Kier molecular flexibility index (Phi) is 1.63. The van der Waals surface area contributed by atoms with E-state index >= 15 is 0 Å². The molecule has 0 radical (unpaired) electrons. The van der Waals surface area contributed by atoms with Gasteiger partial charge in [-0.3, -0.25) is 0 Å². The first kappa shape index (κ1) is 9.32. The van der Waals surface area contributed by atoms with Gasteiger partial charge in [0.15, 0.2) is 5.69 Å². The van der Waals surface area contributed by atoms with Crippen molar-refractivity contribution in [2.24, 2.45) is 0 Å². The van der Waals surface area contributed by atoms with Gasteiger partial charge in [0.1, 0.15) is 0 Å². The Balaban J connectivity index is 2.27. The molecule has 0 amide bonds. The minimum Gasteiger partial charge on any atom is -0.359 e. The van der Waals surface area contributed by atoms with E-state index in [2.05, 4.69) is 33.0 Å². The van der Waals surface area contributed by atoms with Crippen LogP contribution in [0.4, 0.5) is 5.69 Å². The number of hydrogen-bond acceptors (Lipinski definition) is 0. The Morgan fingerprint density at radius 2 is 1.89 bits per heavy atom. The molecule has 2 N–H and O–H groups in total. The zero-order valence-electron chi connectivity index (χ0n) is 9.49. The van der Waals surface area contributed by atoms with Crippen molar-refractivity contribution in [1.82, 2.24) is 9.97 Å². The summed E-state index contributed by atoms with van der Waals surface area (Å²) in [5.74, 6) is 0. The van der Waals surface area contributed by atoms with Crippen LogP contribution in [0.3, 0.4) is 0 Å². The van der Waals surface area contributed by atoms with Gasteiger partial charge < -0.3 is 9.97 Å². The second-order valence-electron chi connectivity index (χ2n) is 4.40. The van der Waals surface area contributed by atoms with Crippen LogP contribution in [0, 0.1) is 6.57 Å². The number of rotatable bonds is 0. The topological polar surface area (TPSA) is 35.9 Å². The molecule has 0 saturated heterocycles. The monoisotopic (exact) mass is 231 g/mol. The standard InChI is InChI=1S/C15H9N3/c1-16-10-3-5-13-12(8-10)11-4-2-9-6-7-17-14(9)15(11)18-13/h2-8,17-18H. The molecule has 2 heterocycles. The van der Waals surface area contributed by atoms with Crippen LogP contribution in [0.2, 0.25) is 0 Å². The predicted molar refractivity (Wildman–Crippen MR) is 73.9 cm³/mol. The zero-order valence-corrected chi connectivity index (χ0v) is 9.49. The maximum absolute atomic E-state index is 7.10. The van der Waals surface area contributed by atoms with Crippen molar-refractivity contribution in [2.75, 3.05) is 0 Å². The van der Waals surface area contributed by atoms with Gasteiger partial charge in [-0.05, 0) is 23.6 Å². The van der Waals surface area contributed by atoms with E-state index < -0.39 is 0 Å². The molecular formula is C15H9N3. The molecule has 0 aliphatic carbocycles. The third-order valence-corrected chi connectivity index (χ3v) is 3.41. The molecule has 0 fully saturated rings. The predicted octanol–water partition coefficient (Wildman–Crippen LogP) is 4.35. The molecule has 3 nitrogen and oxygen atoms in total. The number of fused-ring (bicyclic) bond motifs is 5. The molecule has 0 unspecified atom stereocenters. The molecule has 0 aliphatic rings. The first-order valence-electron chi connectivity index (χ1n) is 5.76. The van der Waals surface area contributed by atoms with E-state index in [4.69, 9.17) is 6.57 Å². The molecule has 18 heavy (non-hydrogen) atoms. The minimum absolute atomic E-state index is 0.676. The van der Waals surface area contributed by atoms with Crippen LogP contribution in [0.15, 0.2) is 42.6 Å². The summed E-state index contributed by atoms with van der Waals surface area (Å²) in [6.07, 6.45) is 1.94. The maximum atomic E-state index is 7.10. The van der Waals surface area contributed by atoms with E-state index in [0.29, 0.717) is 5.69 Å². The Hall–Kier alpha value is -2.73. The summed E-state index contributed by atoms with van der Waals surface area (Å²) in [6, 6.07) is 12.0. The molecule has 0 aliphatic heterocycles. The van der Waals surface area contributed by atoms with E-state index in [1.807, 2.05) is 24.4 Å². The van der Waals surface area contributed by atoms with Crippen LogP contribution in [-0.4, -0.2) is 9.97 Å². The van der Waals surface area contributed by atoms with Gasteiger partial charge >= 0.3 is 0 Å². The summed E-state index contributed by atoms with van der Waals surface area (Å²) < 4.78 is 0. The van der Waals surface area contributed by atoms with E-state index in [0.717, 1.165) is 27.3 Å². The average Bonchev–Trinajstić information content (AvgIpc) is 3.01. The van der Waals surface area contributed by atoms with E-state index in [1.165, 1.54) is 5.39 Å². The van der Waals surface area contributed by atoms with Crippen molar-refractivity contribution in [3.8, 4) is 0 Å². The number of hydrogen-bond donors (Lipinski definition) is 2. The number of nitrogens with zero attached hydrogens (tertiary/aromatic N) is 1. The second kappa shape index (κ2) is 3.14. The summed E-state index contributed by atoms with van der Waals surface area (Å²) in [4.78, 5) is 10.2. The van der Waals surface area contributed by atoms with Crippen LogP contribution >= 0.6 is 0 Å². The lowest BCUT2D eigenvalue weighted by Crippen LogP contribution is -1.71. The van der Waals surface area contributed by atoms with Crippen LogP contribution in [0.25, 0.3) is 37.6 Å². The minimum atomic E-state index is 0.676. The third kappa shape index (κ3) is 1.07. The number of benzene rings is 2. The second-order valence-corrected chi connectivity index (χ2v) is 4.40. The molecule has 2 aromatic heterocycles. The van der Waals surface area contributed by atoms with Crippen LogP contribution in [0.1, 0.15) is 0 Å². The van der Waals surface area contributed by atoms with Crippen LogP contribution in [-0.2, 0) is 0 Å². The van der Waals surface area contributed by atoms with E-state index in [9.17, 15) is 0 Å². The fraction of sp³-hybridized carbons (Fsp3) is 0. The van der Waals surface area contributed by atoms with Crippen molar-refractivity contribution >= 4 is 38.4 Å². The van der Waals surface area contributed by atoms with Gasteiger partial charge in [-0.25, -0.2) is 4.85 Å². The smallest absolute Gasteiger partial charge is 0.188 e. The summed E-state index contributed by atoms with van der Waals surface area (Å²) in [6.45, 7) is 7.10. The van der Waals surface area contributed by atoms with Gasteiger partial charge in [0, 0.05) is 22.5 Å². The van der Waals surface area contributed by atoms with Crippen molar-refractivity contribution < 1.29 is 0 Å². The lowest BCUT2D eigenvalue weighted by molar-refractivity contribution is 1.47. The highest BCUT2D eigenvalue weighted by molar-refractivity contribution is 6.16. The van der Waals surface area contributed by atoms with Gasteiger partial charge in [-0.15, -0.1) is 0 Å². The first-order valence-corrected chi connectivity index (χ1v) is 5.76. The summed E-state index contributed by atoms with van der Waals surface area (Å²) in [5.41, 5.74) is 3.97. The molecule has 2 aromatic carbocycles. The largest absolute Gasteiger partial charge is 0.359 e. The third-order valence-electron chi connectivity index (χ3n) is 3.41. The Morgan fingerprint density at radius 1 is 0.944 bits per heavy atom. The first-order chi connectivity index (χ1) is 8.86. The fourth-order valence-electron chi connectivity index (χ4n) is 2.55. The van der Waals surface area contributed by atoms with Gasteiger partial charge in [0.2, 0.25) is 0 Å². The molecule has 84 valence electrons. The SMILES string of the molecule is [C-]#[N+]c1ccc2[nH]c3c(ccc4cc[nH]c43)c2c1. The lowest BCUT2D eigenvalue weighted by Gasteiger charge is -1.93. The molecular weight excluding hydrogens is 222 g/mol. The number of nitrogens with one attached hydrogen (secondary N) is 2. The Morgan fingerprint density at radius 3 is 2.78 bits per heavy atom. The normalized spacial score (nSPS) is 11.3. The number of H-pyrrole nitrogens is 2. The fourth-order valence-corrected chi connectivity index (χ4v) is 2.55. The average molecular weight is 231 g/mol. The van der Waals surface area contributed by atoms with Crippen molar-refractivity contribution in [1.29, 1.82) is 0 Å². The molecule has 4 rings (SSSR count). The molecule has 0 bridgehead atoms. The van der Waals surface area contributed by atoms with E-state index in [1.54, 1.807) is 0 Å². The van der Waals surface area contributed by atoms with Crippen LogP contribution in [0.5, 0.6) is 0 Å². The summed E-state index contributed by atoms with van der Waals surface area (Å²) in [5, 5.41) is 3.46. The number of aromatic amines is 2. The molecule has 4 aromatic rings. The lowest BCUT2D eigenvalue weighted by atomic mass is 10.1. The summed E-state index contributed by atoms with van der Waals surface area (Å²) in [7, 11) is 0. The maximum Gasteiger partial charge on any atom is 0.188 e. The molecule has 3 heteroatoms. The van der Waals surface area contributed by atoms with Gasteiger partial charge in [0.25, 0.3) is 0 Å². The van der Waals surface area contributed by atoms with Gasteiger partial charge in [-0.1, -0.05) is 18.2 Å². The van der Waals surface area contributed by atoms with E-state index in [-0.39, 0.29) is 0 Å². The van der Waals surface area contributed by atoms with Gasteiger partial charge in [0.05, 0.1) is 17.6 Å². The Bertz CT molecular complexity index is 935. The summed E-state index contributed by atoms with van der Waals surface area (Å²) >= 11 is 0. The highest BCUT2D eigenvalue weighted by Gasteiger charge is 2.08. The quantitative estimate of drug-likeness (QED) is 0.422. The van der Waals surface area contributed by atoms with Gasteiger partial charge in [-0.2, -0.15) is 0 Å². The molecule has 0 spiro atoms. The molecule has 0 saturated carbocycles.